The highest BCUT2D eigenvalue weighted by Gasteiger charge is 2.26. The second kappa shape index (κ2) is 6.38. The number of piperazine rings is 1. The van der Waals surface area contributed by atoms with Crippen molar-refractivity contribution in [2.24, 2.45) is 5.92 Å². The van der Waals surface area contributed by atoms with Crippen LogP contribution in [0, 0.1) is 5.92 Å². The van der Waals surface area contributed by atoms with E-state index in [1.54, 1.807) is 0 Å². The molecule has 0 amide bonds. The predicted molar refractivity (Wildman–Crippen MR) is 83.5 cm³/mol. The van der Waals surface area contributed by atoms with Gasteiger partial charge in [0.25, 0.3) is 0 Å². The van der Waals surface area contributed by atoms with Gasteiger partial charge >= 0.3 is 0 Å². The molecule has 1 saturated carbocycles. The Morgan fingerprint density at radius 2 is 1.58 bits per heavy atom. The highest BCUT2D eigenvalue weighted by molar-refractivity contribution is 9.10. The molecule has 2 nitrogen and oxygen atoms in total. The van der Waals surface area contributed by atoms with Crippen molar-refractivity contribution in [3.8, 4) is 0 Å². The highest BCUT2D eigenvalue weighted by atomic mass is 79.9. The quantitative estimate of drug-likeness (QED) is 0.822. The first-order valence-electron chi connectivity index (χ1n) is 7.49. The number of nitrogens with zero attached hydrogens (tertiary/aromatic N) is 2. The zero-order valence-corrected chi connectivity index (χ0v) is 13.1. The normalized spacial score (nSPS) is 21.7. The van der Waals surface area contributed by atoms with Crippen LogP contribution in [0.3, 0.4) is 0 Å². The number of rotatable bonds is 5. The zero-order chi connectivity index (χ0) is 13.1. The van der Waals surface area contributed by atoms with Crippen molar-refractivity contribution in [3.05, 3.63) is 34.3 Å². The first-order valence-corrected chi connectivity index (χ1v) is 8.28. The minimum Gasteiger partial charge on any atom is -0.301 e. The first-order chi connectivity index (χ1) is 9.29. The van der Waals surface area contributed by atoms with Crippen LogP contribution < -0.4 is 0 Å². The Balaban J connectivity index is 1.38. The maximum atomic E-state index is 3.49. The van der Waals surface area contributed by atoms with Crippen molar-refractivity contribution >= 4 is 15.9 Å². The van der Waals surface area contributed by atoms with Gasteiger partial charge in [-0.15, -0.1) is 0 Å². The molecule has 0 atom stereocenters. The third-order valence-corrected chi connectivity index (χ3v) is 4.84. The predicted octanol–water partition coefficient (Wildman–Crippen LogP) is 3.02. The van der Waals surface area contributed by atoms with Gasteiger partial charge in [-0.3, -0.25) is 0 Å². The topological polar surface area (TPSA) is 6.48 Å². The molecule has 0 radical (unpaired) electrons. The molecular formula is C16H23BrN2. The monoisotopic (exact) mass is 322 g/mol. The molecular weight excluding hydrogens is 300 g/mol. The second-order valence-corrected chi connectivity index (χ2v) is 6.88. The van der Waals surface area contributed by atoms with Crippen LogP contribution in [0.4, 0.5) is 0 Å². The zero-order valence-electron chi connectivity index (χ0n) is 11.5. The Bertz CT molecular complexity index is 392. The van der Waals surface area contributed by atoms with Gasteiger partial charge in [-0.25, -0.2) is 0 Å². The molecule has 19 heavy (non-hydrogen) atoms. The molecule has 1 heterocycles. The Kier molecular flexibility index (Phi) is 4.57. The standard InChI is InChI=1S/C16H23BrN2/c17-16-5-3-14(4-6-16)7-8-18-9-11-19(12-10-18)13-15-1-2-15/h3-6,15H,1-2,7-13H2. The molecule has 1 aromatic rings. The van der Waals surface area contributed by atoms with Gasteiger partial charge < -0.3 is 9.80 Å². The lowest BCUT2D eigenvalue weighted by Gasteiger charge is -2.34. The van der Waals surface area contributed by atoms with Crippen LogP contribution in [0.1, 0.15) is 18.4 Å². The molecule has 2 fully saturated rings. The molecule has 1 saturated heterocycles. The van der Waals surface area contributed by atoms with E-state index in [4.69, 9.17) is 0 Å². The van der Waals surface area contributed by atoms with Crippen molar-refractivity contribution < 1.29 is 0 Å². The van der Waals surface area contributed by atoms with Gasteiger partial charge in [0.05, 0.1) is 0 Å². The summed E-state index contributed by atoms with van der Waals surface area (Å²) < 4.78 is 1.17. The maximum absolute atomic E-state index is 3.49. The van der Waals surface area contributed by atoms with Crippen LogP contribution in [0.2, 0.25) is 0 Å². The molecule has 0 aromatic heterocycles. The molecule has 3 heteroatoms. The van der Waals surface area contributed by atoms with Crippen LogP contribution in [0.25, 0.3) is 0 Å². The number of halogens is 1. The fraction of sp³-hybridized carbons (Fsp3) is 0.625. The number of benzene rings is 1. The first kappa shape index (κ1) is 13.6. The summed E-state index contributed by atoms with van der Waals surface area (Å²) in [5.74, 6) is 1.04. The van der Waals surface area contributed by atoms with E-state index < -0.39 is 0 Å². The lowest BCUT2D eigenvalue weighted by atomic mass is 10.1. The molecule has 1 aliphatic carbocycles. The Labute approximate surface area is 124 Å². The molecule has 1 aromatic carbocycles. The maximum Gasteiger partial charge on any atom is 0.0175 e. The Hall–Kier alpha value is -0.380. The molecule has 0 N–H and O–H groups in total. The van der Waals surface area contributed by atoms with E-state index in [9.17, 15) is 0 Å². The molecule has 0 unspecified atom stereocenters. The average molecular weight is 323 g/mol. The summed E-state index contributed by atoms with van der Waals surface area (Å²) in [5.41, 5.74) is 1.45. The highest BCUT2D eigenvalue weighted by Crippen LogP contribution is 2.29. The largest absolute Gasteiger partial charge is 0.301 e. The molecule has 104 valence electrons. The Morgan fingerprint density at radius 1 is 0.947 bits per heavy atom. The number of hydrogen-bond donors (Lipinski definition) is 0. The lowest BCUT2D eigenvalue weighted by molar-refractivity contribution is 0.129. The van der Waals surface area contributed by atoms with E-state index in [1.165, 1.54) is 68.6 Å². The van der Waals surface area contributed by atoms with Crippen LogP contribution in [0.15, 0.2) is 28.7 Å². The van der Waals surface area contributed by atoms with Crippen LogP contribution in [0.5, 0.6) is 0 Å². The van der Waals surface area contributed by atoms with E-state index in [0.29, 0.717) is 0 Å². The summed E-state index contributed by atoms with van der Waals surface area (Å²) in [4.78, 5) is 5.28. The van der Waals surface area contributed by atoms with Gasteiger partial charge in [0.2, 0.25) is 0 Å². The second-order valence-electron chi connectivity index (χ2n) is 5.96. The van der Waals surface area contributed by atoms with Gasteiger partial charge in [-0.2, -0.15) is 0 Å². The third kappa shape index (κ3) is 4.30. The average Bonchev–Trinajstić information content (AvgIpc) is 3.24. The molecule has 0 bridgehead atoms. The minimum atomic E-state index is 1.04. The van der Waals surface area contributed by atoms with Gasteiger partial charge in [-0.1, -0.05) is 28.1 Å². The van der Waals surface area contributed by atoms with Crippen molar-refractivity contribution in [1.82, 2.24) is 9.80 Å². The molecule has 2 aliphatic rings. The summed E-state index contributed by atoms with van der Waals surface area (Å²) in [6.07, 6.45) is 4.13. The summed E-state index contributed by atoms with van der Waals surface area (Å²) in [5, 5.41) is 0. The van der Waals surface area contributed by atoms with Gasteiger partial charge in [0, 0.05) is 43.7 Å². The summed E-state index contributed by atoms with van der Waals surface area (Å²) in [6, 6.07) is 8.74. The summed E-state index contributed by atoms with van der Waals surface area (Å²) >= 11 is 3.49. The van der Waals surface area contributed by atoms with E-state index >= 15 is 0 Å². The number of hydrogen-bond acceptors (Lipinski definition) is 2. The van der Waals surface area contributed by atoms with Crippen LogP contribution >= 0.6 is 15.9 Å². The fourth-order valence-electron chi connectivity index (χ4n) is 2.80. The van der Waals surface area contributed by atoms with Crippen molar-refractivity contribution in [3.63, 3.8) is 0 Å². The van der Waals surface area contributed by atoms with Crippen molar-refractivity contribution in [1.29, 1.82) is 0 Å². The van der Waals surface area contributed by atoms with Crippen molar-refractivity contribution in [2.75, 3.05) is 39.3 Å². The summed E-state index contributed by atoms with van der Waals surface area (Å²) in [7, 11) is 0. The van der Waals surface area contributed by atoms with E-state index in [0.717, 1.165) is 5.92 Å². The van der Waals surface area contributed by atoms with Crippen LogP contribution in [-0.2, 0) is 6.42 Å². The molecule has 0 spiro atoms. The third-order valence-electron chi connectivity index (χ3n) is 4.31. The SMILES string of the molecule is Brc1ccc(CCN2CCN(CC3CC3)CC2)cc1. The van der Waals surface area contributed by atoms with Gasteiger partial charge in [-0.05, 0) is 42.9 Å². The lowest BCUT2D eigenvalue weighted by Crippen LogP contribution is -2.47. The summed E-state index contributed by atoms with van der Waals surface area (Å²) in [6.45, 7) is 7.62. The van der Waals surface area contributed by atoms with E-state index in [2.05, 4.69) is 50.0 Å². The smallest absolute Gasteiger partial charge is 0.0175 e. The molecule has 3 rings (SSSR count). The van der Waals surface area contributed by atoms with Crippen molar-refractivity contribution in [2.45, 2.75) is 19.3 Å². The van der Waals surface area contributed by atoms with E-state index in [-0.39, 0.29) is 0 Å². The van der Waals surface area contributed by atoms with Gasteiger partial charge in [0.15, 0.2) is 0 Å². The van der Waals surface area contributed by atoms with Gasteiger partial charge in [0.1, 0.15) is 0 Å². The minimum absolute atomic E-state index is 1.04. The Morgan fingerprint density at radius 3 is 2.21 bits per heavy atom. The fourth-order valence-corrected chi connectivity index (χ4v) is 3.06. The van der Waals surface area contributed by atoms with E-state index in [1.807, 2.05) is 0 Å². The molecule has 1 aliphatic heterocycles. The van der Waals surface area contributed by atoms with Crippen LogP contribution in [-0.4, -0.2) is 49.1 Å².